The van der Waals surface area contributed by atoms with Crippen LogP contribution < -0.4 is 15.9 Å². The molecule has 1 aliphatic rings. The van der Waals surface area contributed by atoms with E-state index in [4.69, 9.17) is 0 Å². The third kappa shape index (κ3) is 4.16. The van der Waals surface area contributed by atoms with Crippen molar-refractivity contribution in [1.82, 2.24) is 10.3 Å². The summed E-state index contributed by atoms with van der Waals surface area (Å²) in [4.78, 5) is 15.5. The van der Waals surface area contributed by atoms with E-state index in [0.29, 0.717) is 12.1 Å². The Balaban J connectivity index is 0.00000100. The summed E-state index contributed by atoms with van der Waals surface area (Å²) >= 11 is 0. The Morgan fingerprint density at radius 2 is 1.92 bits per heavy atom. The van der Waals surface area contributed by atoms with Crippen LogP contribution in [0.5, 0.6) is 0 Å². The number of nitrogens with one attached hydrogen (secondary N) is 2. The lowest BCUT2D eigenvalue weighted by atomic mass is 10.1. The molecule has 1 amide bonds. The number of amides is 1. The number of fused-ring (bicyclic) bond motifs is 1. The van der Waals surface area contributed by atoms with Gasteiger partial charge in [-0.2, -0.15) is 0 Å². The van der Waals surface area contributed by atoms with Crippen LogP contribution in [0.3, 0.4) is 0 Å². The molecule has 2 aromatic rings. The Kier molecular flexibility index (Phi) is 6.01. The second-order valence-electron chi connectivity index (χ2n) is 5.37. The third-order valence-corrected chi connectivity index (χ3v) is 3.72. The Morgan fingerprint density at radius 3 is 2.62 bits per heavy atom. The lowest BCUT2D eigenvalue weighted by Crippen LogP contribution is -2.27. The molecule has 0 unspecified atom stereocenters. The standard InChI is InChI=1S/C18H18N2O2.C2H6/c1-12(13-6-3-2-4-7-13)19-18(22)17-11-14-10-15(21)8-5-9-16(14)20-17;1-2/h2-4,6-12,20-21H,5H2,1H3,(H,19,22);1-2H3/t12-;/m1./s1. The van der Waals surface area contributed by atoms with Gasteiger partial charge in [0, 0.05) is 10.6 Å². The molecule has 0 radical (unpaired) electrons. The Bertz CT molecular complexity index is 832. The van der Waals surface area contributed by atoms with Gasteiger partial charge in [-0.15, -0.1) is 0 Å². The fourth-order valence-corrected chi connectivity index (χ4v) is 2.51. The maximum atomic E-state index is 12.4. The van der Waals surface area contributed by atoms with Crippen molar-refractivity contribution in [1.29, 1.82) is 0 Å². The summed E-state index contributed by atoms with van der Waals surface area (Å²) in [5.41, 5.74) is 1.55. The molecular weight excluding hydrogens is 300 g/mol. The zero-order valence-corrected chi connectivity index (χ0v) is 14.3. The number of aromatic amines is 1. The highest BCUT2D eigenvalue weighted by Crippen LogP contribution is 2.11. The number of aliphatic hydroxyl groups excluding tert-OH is 1. The van der Waals surface area contributed by atoms with E-state index in [-0.39, 0.29) is 17.7 Å². The molecule has 3 N–H and O–H groups in total. The van der Waals surface area contributed by atoms with Gasteiger partial charge in [0.05, 0.1) is 6.04 Å². The summed E-state index contributed by atoms with van der Waals surface area (Å²) in [6.07, 6.45) is 5.97. The molecule has 126 valence electrons. The summed E-state index contributed by atoms with van der Waals surface area (Å²) in [5.74, 6) is 0.0632. The number of rotatable bonds is 3. The van der Waals surface area contributed by atoms with Crippen LogP contribution in [0.15, 0.2) is 48.2 Å². The van der Waals surface area contributed by atoms with E-state index in [9.17, 15) is 9.90 Å². The molecule has 0 fully saturated rings. The van der Waals surface area contributed by atoms with Crippen molar-refractivity contribution in [2.75, 3.05) is 0 Å². The Hall–Kier alpha value is -2.75. The first-order chi connectivity index (χ1) is 11.6. The van der Waals surface area contributed by atoms with Crippen molar-refractivity contribution in [3.05, 3.63) is 70.1 Å². The minimum atomic E-state index is -0.158. The lowest BCUT2D eigenvalue weighted by Gasteiger charge is -2.13. The molecule has 3 rings (SSSR count). The first-order valence-corrected chi connectivity index (χ1v) is 8.29. The van der Waals surface area contributed by atoms with E-state index in [1.165, 1.54) is 0 Å². The molecule has 1 heterocycles. The van der Waals surface area contributed by atoms with E-state index in [1.807, 2.05) is 57.2 Å². The average Bonchev–Trinajstić information content (AvgIpc) is 2.92. The van der Waals surface area contributed by atoms with E-state index in [1.54, 1.807) is 18.2 Å². The zero-order valence-electron chi connectivity index (χ0n) is 14.3. The molecule has 1 aromatic heterocycles. The second-order valence-corrected chi connectivity index (χ2v) is 5.37. The molecular formula is C20H24N2O2. The molecule has 0 saturated heterocycles. The lowest BCUT2D eigenvalue weighted by molar-refractivity contribution is 0.0935. The van der Waals surface area contributed by atoms with Crippen LogP contribution in [0.2, 0.25) is 0 Å². The van der Waals surface area contributed by atoms with Crippen molar-refractivity contribution in [3.8, 4) is 0 Å². The van der Waals surface area contributed by atoms with Crippen LogP contribution in [0.25, 0.3) is 12.2 Å². The highest BCUT2D eigenvalue weighted by Gasteiger charge is 2.13. The summed E-state index contributed by atoms with van der Waals surface area (Å²) in [6.45, 7) is 5.95. The smallest absolute Gasteiger partial charge is 0.268 e. The minimum Gasteiger partial charge on any atom is -0.508 e. The van der Waals surface area contributed by atoms with E-state index < -0.39 is 0 Å². The van der Waals surface area contributed by atoms with E-state index >= 15 is 0 Å². The molecule has 0 bridgehead atoms. The number of aromatic nitrogens is 1. The number of carbonyl (C=O) groups is 1. The topological polar surface area (TPSA) is 65.1 Å². The van der Waals surface area contributed by atoms with Crippen molar-refractivity contribution < 1.29 is 9.90 Å². The van der Waals surface area contributed by atoms with Crippen molar-refractivity contribution >= 4 is 18.1 Å². The third-order valence-electron chi connectivity index (χ3n) is 3.72. The van der Waals surface area contributed by atoms with Crippen LogP contribution in [0.1, 0.15) is 49.3 Å². The summed E-state index contributed by atoms with van der Waals surface area (Å²) < 4.78 is 0. The normalized spacial score (nSPS) is 13.7. The van der Waals surface area contributed by atoms with Crippen LogP contribution >= 0.6 is 0 Å². The number of hydrogen-bond acceptors (Lipinski definition) is 2. The van der Waals surface area contributed by atoms with Gasteiger partial charge in [-0.05, 0) is 37.1 Å². The first kappa shape index (κ1) is 17.6. The van der Waals surface area contributed by atoms with Gasteiger partial charge in [-0.1, -0.05) is 50.3 Å². The van der Waals surface area contributed by atoms with Gasteiger partial charge in [0.2, 0.25) is 0 Å². The predicted octanol–water partition coefficient (Wildman–Crippen LogP) is 2.94. The molecule has 0 saturated carbocycles. The van der Waals surface area contributed by atoms with Crippen LogP contribution in [0, 0.1) is 0 Å². The van der Waals surface area contributed by atoms with Gasteiger partial charge in [0.1, 0.15) is 11.5 Å². The minimum absolute atomic E-state index is 0.0712. The monoisotopic (exact) mass is 324 g/mol. The molecule has 1 aromatic carbocycles. The number of benzene rings is 1. The molecule has 24 heavy (non-hydrogen) atoms. The number of allylic oxidation sites excluding steroid dienone is 2. The van der Waals surface area contributed by atoms with Crippen molar-refractivity contribution in [2.45, 2.75) is 33.2 Å². The number of aliphatic hydroxyl groups is 1. The van der Waals surface area contributed by atoms with Gasteiger partial charge in [0.25, 0.3) is 5.91 Å². The SMILES string of the molecule is CC.C[C@@H](NC(=O)c1cc2c([nH]1)=CCC=C(O)C=2)c1ccccc1. The molecule has 0 aliphatic heterocycles. The van der Waals surface area contributed by atoms with Gasteiger partial charge in [-0.25, -0.2) is 0 Å². The Morgan fingerprint density at radius 1 is 1.21 bits per heavy atom. The molecule has 4 heteroatoms. The van der Waals surface area contributed by atoms with Crippen molar-refractivity contribution in [2.24, 2.45) is 0 Å². The van der Waals surface area contributed by atoms with Gasteiger partial charge in [-0.3, -0.25) is 4.79 Å². The summed E-state index contributed by atoms with van der Waals surface area (Å²) in [6, 6.07) is 11.5. The number of H-pyrrole nitrogens is 1. The highest BCUT2D eigenvalue weighted by atomic mass is 16.3. The number of carbonyl (C=O) groups excluding carboxylic acids is 1. The Labute approximate surface area is 142 Å². The maximum Gasteiger partial charge on any atom is 0.268 e. The molecule has 0 spiro atoms. The van der Waals surface area contributed by atoms with Crippen LogP contribution in [-0.4, -0.2) is 16.0 Å². The summed E-state index contributed by atoms with van der Waals surface area (Å²) in [5, 5.41) is 14.3. The van der Waals surface area contributed by atoms with Gasteiger partial charge < -0.3 is 15.4 Å². The van der Waals surface area contributed by atoms with Crippen LogP contribution in [0.4, 0.5) is 0 Å². The predicted molar refractivity (Wildman–Crippen MR) is 98.0 cm³/mol. The molecule has 4 nitrogen and oxygen atoms in total. The quantitative estimate of drug-likeness (QED) is 0.813. The van der Waals surface area contributed by atoms with E-state index in [2.05, 4.69) is 10.3 Å². The largest absolute Gasteiger partial charge is 0.508 e. The van der Waals surface area contributed by atoms with Crippen LogP contribution in [-0.2, 0) is 0 Å². The molecule has 1 aliphatic carbocycles. The zero-order chi connectivity index (χ0) is 17.5. The summed E-state index contributed by atoms with van der Waals surface area (Å²) in [7, 11) is 0. The average molecular weight is 324 g/mol. The first-order valence-electron chi connectivity index (χ1n) is 8.29. The number of hydrogen-bond donors (Lipinski definition) is 3. The van der Waals surface area contributed by atoms with Gasteiger partial charge in [0.15, 0.2) is 0 Å². The fraction of sp³-hybridized carbons (Fsp3) is 0.250. The second kappa shape index (κ2) is 8.20. The highest BCUT2D eigenvalue weighted by molar-refractivity contribution is 5.92. The maximum absolute atomic E-state index is 12.4. The van der Waals surface area contributed by atoms with E-state index in [0.717, 1.165) is 16.1 Å². The fourth-order valence-electron chi connectivity index (χ4n) is 2.51. The van der Waals surface area contributed by atoms with Gasteiger partial charge >= 0.3 is 0 Å². The molecule has 1 atom stereocenters. The van der Waals surface area contributed by atoms with Crippen molar-refractivity contribution in [3.63, 3.8) is 0 Å².